The highest BCUT2D eigenvalue weighted by Gasteiger charge is 2.04. The van der Waals surface area contributed by atoms with Crippen LogP contribution in [0.2, 0.25) is 0 Å². The molecule has 0 heterocycles. The van der Waals surface area contributed by atoms with Crippen LogP contribution in [0.5, 0.6) is 0 Å². The van der Waals surface area contributed by atoms with Gasteiger partial charge in [-0.3, -0.25) is 0 Å². The minimum atomic E-state index is -2.24. The number of nitriles is 1. The second-order valence-electron chi connectivity index (χ2n) is 2.04. The third kappa shape index (κ3) is 1.87. The van der Waals surface area contributed by atoms with Gasteiger partial charge in [0.15, 0.2) is 11.1 Å². The van der Waals surface area contributed by atoms with Gasteiger partial charge in [0, 0.05) is 0 Å². The molecule has 1 N–H and O–H groups in total. The molecule has 0 saturated heterocycles. The summed E-state index contributed by atoms with van der Waals surface area (Å²) in [6, 6.07) is 4.75. The topological polar surface area (TPSA) is 61.1 Å². The van der Waals surface area contributed by atoms with Crippen molar-refractivity contribution in [3.8, 4) is 6.07 Å². The fourth-order valence-electron chi connectivity index (χ4n) is 0.728. The summed E-state index contributed by atoms with van der Waals surface area (Å²) in [6.07, 6.45) is 0. The van der Waals surface area contributed by atoms with Crippen molar-refractivity contribution in [3.05, 3.63) is 29.6 Å². The molecule has 1 atom stereocenters. The van der Waals surface area contributed by atoms with Crippen LogP contribution in [0.25, 0.3) is 0 Å². The first-order valence-electron chi connectivity index (χ1n) is 2.95. The predicted molar refractivity (Wildman–Crippen MR) is 40.2 cm³/mol. The van der Waals surface area contributed by atoms with E-state index in [-0.39, 0.29) is 10.5 Å². The molecule has 0 aliphatic rings. The summed E-state index contributed by atoms with van der Waals surface area (Å²) in [5.41, 5.74) is 0.0346. The Morgan fingerprint density at radius 3 is 2.67 bits per heavy atom. The van der Waals surface area contributed by atoms with Crippen molar-refractivity contribution in [2.75, 3.05) is 0 Å². The summed E-state index contributed by atoms with van der Waals surface area (Å²) < 4.78 is 31.6. The molecule has 0 aliphatic carbocycles. The van der Waals surface area contributed by atoms with Crippen molar-refractivity contribution in [1.82, 2.24) is 0 Å². The maximum Gasteiger partial charge on any atom is 0.186 e. The zero-order valence-corrected chi connectivity index (χ0v) is 6.64. The molecule has 3 nitrogen and oxygen atoms in total. The van der Waals surface area contributed by atoms with Crippen molar-refractivity contribution >= 4 is 11.1 Å². The van der Waals surface area contributed by atoms with E-state index in [0.29, 0.717) is 0 Å². The number of hydrogen-bond acceptors (Lipinski definition) is 2. The lowest BCUT2D eigenvalue weighted by atomic mass is 10.2. The molecule has 1 aromatic carbocycles. The van der Waals surface area contributed by atoms with E-state index in [1.807, 2.05) is 0 Å². The average Bonchev–Trinajstić information content (AvgIpc) is 2.03. The zero-order chi connectivity index (χ0) is 9.14. The maximum absolute atomic E-state index is 12.6. The first-order valence-corrected chi connectivity index (χ1v) is 4.05. The van der Waals surface area contributed by atoms with Crippen LogP contribution >= 0.6 is 0 Å². The minimum Gasteiger partial charge on any atom is -0.302 e. The maximum atomic E-state index is 12.6. The highest BCUT2D eigenvalue weighted by atomic mass is 32.2. The Labute approximate surface area is 70.7 Å². The lowest BCUT2D eigenvalue weighted by Gasteiger charge is -1.95. The van der Waals surface area contributed by atoms with E-state index in [1.54, 1.807) is 6.07 Å². The summed E-state index contributed by atoms with van der Waals surface area (Å²) in [7, 11) is 0. The van der Waals surface area contributed by atoms with Gasteiger partial charge in [0.25, 0.3) is 0 Å². The van der Waals surface area contributed by atoms with Gasteiger partial charge in [0.1, 0.15) is 5.82 Å². The van der Waals surface area contributed by atoms with Crippen molar-refractivity contribution < 1.29 is 13.2 Å². The summed E-state index contributed by atoms with van der Waals surface area (Å²) in [6.45, 7) is 0. The summed E-state index contributed by atoms with van der Waals surface area (Å²) >= 11 is -2.24. The van der Waals surface area contributed by atoms with Crippen LogP contribution in [-0.4, -0.2) is 8.76 Å². The molecule has 1 aromatic rings. The van der Waals surface area contributed by atoms with Crippen LogP contribution in [0, 0.1) is 17.1 Å². The highest BCUT2D eigenvalue weighted by molar-refractivity contribution is 7.79. The molecule has 5 heteroatoms. The molecule has 62 valence electrons. The molecule has 0 radical (unpaired) electrons. The number of nitrogens with zero attached hydrogens (tertiary/aromatic N) is 1. The predicted octanol–water partition coefficient (Wildman–Crippen LogP) is 1.28. The molecule has 0 aromatic heterocycles. The van der Waals surface area contributed by atoms with Crippen LogP contribution in [0.4, 0.5) is 4.39 Å². The molecule has 0 spiro atoms. The van der Waals surface area contributed by atoms with Gasteiger partial charge in [-0.15, -0.1) is 0 Å². The Bertz CT molecular complexity index is 372. The quantitative estimate of drug-likeness (QED) is 0.670. The second kappa shape index (κ2) is 3.43. The first-order chi connectivity index (χ1) is 5.63. The fourth-order valence-corrected chi connectivity index (χ4v) is 1.17. The van der Waals surface area contributed by atoms with E-state index in [9.17, 15) is 8.60 Å². The molecule has 0 amide bonds. The largest absolute Gasteiger partial charge is 0.302 e. The molecular formula is C7H4FNO2S. The van der Waals surface area contributed by atoms with Crippen molar-refractivity contribution in [3.63, 3.8) is 0 Å². The molecule has 0 bridgehead atoms. The molecular weight excluding hydrogens is 181 g/mol. The van der Waals surface area contributed by atoms with E-state index in [1.165, 1.54) is 6.07 Å². The summed E-state index contributed by atoms with van der Waals surface area (Å²) in [5, 5.41) is 8.37. The Morgan fingerprint density at radius 2 is 2.17 bits per heavy atom. The van der Waals surface area contributed by atoms with Gasteiger partial charge in [-0.1, -0.05) is 0 Å². The number of rotatable bonds is 1. The molecule has 1 rings (SSSR count). The second-order valence-corrected chi connectivity index (χ2v) is 3.01. The van der Waals surface area contributed by atoms with E-state index in [2.05, 4.69) is 0 Å². The number of halogens is 1. The van der Waals surface area contributed by atoms with Gasteiger partial charge in [-0.2, -0.15) is 5.26 Å². The van der Waals surface area contributed by atoms with E-state index in [0.717, 1.165) is 12.1 Å². The Hall–Kier alpha value is -1.25. The third-order valence-electron chi connectivity index (χ3n) is 1.20. The Kier molecular flexibility index (Phi) is 2.53. The average molecular weight is 185 g/mol. The Balaban J connectivity index is 3.26. The smallest absolute Gasteiger partial charge is 0.186 e. The summed E-state index contributed by atoms with van der Waals surface area (Å²) in [5.74, 6) is -0.688. The lowest BCUT2D eigenvalue weighted by Crippen LogP contribution is -1.90. The Morgan fingerprint density at radius 1 is 1.50 bits per heavy atom. The van der Waals surface area contributed by atoms with Crippen LogP contribution < -0.4 is 0 Å². The molecule has 0 fully saturated rings. The van der Waals surface area contributed by atoms with Gasteiger partial charge in [-0.05, 0) is 18.2 Å². The third-order valence-corrected chi connectivity index (χ3v) is 1.84. The standard InChI is InChI=1S/C7H4FNO2S/c8-6-1-5(4-9)2-7(3-6)12(10)11/h1-3H,(H,10,11). The van der Waals surface area contributed by atoms with Gasteiger partial charge < -0.3 is 4.55 Å². The van der Waals surface area contributed by atoms with Crippen LogP contribution in [0.3, 0.4) is 0 Å². The number of hydrogen-bond donors (Lipinski definition) is 1. The monoisotopic (exact) mass is 185 g/mol. The van der Waals surface area contributed by atoms with Crippen molar-refractivity contribution in [2.45, 2.75) is 4.90 Å². The van der Waals surface area contributed by atoms with Crippen LogP contribution in [-0.2, 0) is 11.1 Å². The van der Waals surface area contributed by atoms with Gasteiger partial charge >= 0.3 is 0 Å². The van der Waals surface area contributed by atoms with Crippen LogP contribution in [0.1, 0.15) is 5.56 Å². The van der Waals surface area contributed by atoms with Crippen molar-refractivity contribution in [1.29, 1.82) is 5.26 Å². The number of benzene rings is 1. The minimum absolute atomic E-state index is 0.0346. The molecule has 1 unspecified atom stereocenters. The van der Waals surface area contributed by atoms with Gasteiger partial charge in [0.2, 0.25) is 0 Å². The van der Waals surface area contributed by atoms with Gasteiger partial charge in [-0.25, -0.2) is 8.60 Å². The van der Waals surface area contributed by atoms with E-state index in [4.69, 9.17) is 9.81 Å². The van der Waals surface area contributed by atoms with Crippen molar-refractivity contribution in [2.24, 2.45) is 0 Å². The molecule has 12 heavy (non-hydrogen) atoms. The molecule has 0 aliphatic heterocycles. The van der Waals surface area contributed by atoms with E-state index < -0.39 is 16.9 Å². The van der Waals surface area contributed by atoms with E-state index >= 15 is 0 Å². The van der Waals surface area contributed by atoms with Crippen LogP contribution in [0.15, 0.2) is 23.1 Å². The SMILES string of the molecule is N#Cc1cc(F)cc(S(=O)O)c1. The normalized spacial score (nSPS) is 12.1. The first kappa shape index (κ1) is 8.84. The lowest BCUT2D eigenvalue weighted by molar-refractivity contribution is 0.561. The molecule has 0 saturated carbocycles. The fraction of sp³-hybridized carbons (Fsp3) is 0. The highest BCUT2D eigenvalue weighted by Crippen LogP contribution is 2.10. The summed E-state index contributed by atoms with van der Waals surface area (Å²) in [4.78, 5) is -0.105. The van der Waals surface area contributed by atoms with Gasteiger partial charge in [0.05, 0.1) is 16.5 Å². The zero-order valence-electron chi connectivity index (χ0n) is 5.82.